The molecule has 0 radical (unpaired) electrons. The molecule has 0 saturated heterocycles. The van der Waals surface area contributed by atoms with Gasteiger partial charge in [0.2, 0.25) is 0 Å². The highest BCUT2D eigenvalue weighted by atomic mass is 32.1. The molecule has 144 valence electrons. The van der Waals surface area contributed by atoms with Crippen molar-refractivity contribution in [2.75, 3.05) is 4.90 Å². The second-order valence-corrected chi connectivity index (χ2v) is 8.21. The van der Waals surface area contributed by atoms with Gasteiger partial charge in [-0.1, -0.05) is 30.3 Å². The van der Waals surface area contributed by atoms with E-state index in [2.05, 4.69) is 4.98 Å². The molecule has 5 nitrogen and oxygen atoms in total. The standard InChI is InChI=1S/C22H22N2O3S/c1-14-13-16-7-3-5-9-18(16)24(14)22(26)15(2)27-21(25)12-11-20-23-17-8-4-6-10-19(17)28-20/h3-10,14-15H,11-13H2,1-2H3/t14-,15+/m0/s1. The average Bonchev–Trinajstić information content (AvgIpc) is 3.25. The Labute approximate surface area is 168 Å². The molecule has 1 aromatic heterocycles. The molecule has 1 aliphatic heterocycles. The number of aryl methyl sites for hydroxylation is 1. The van der Waals surface area contributed by atoms with Crippen molar-refractivity contribution in [2.24, 2.45) is 0 Å². The normalized spacial score (nSPS) is 16.8. The zero-order valence-electron chi connectivity index (χ0n) is 15.9. The monoisotopic (exact) mass is 394 g/mol. The first-order chi connectivity index (χ1) is 13.5. The fraction of sp³-hybridized carbons (Fsp3) is 0.318. The number of anilines is 1. The van der Waals surface area contributed by atoms with E-state index in [-0.39, 0.29) is 24.3 Å². The van der Waals surface area contributed by atoms with Crippen LogP contribution in [0.25, 0.3) is 10.2 Å². The Hall–Kier alpha value is -2.73. The average molecular weight is 394 g/mol. The Bertz CT molecular complexity index is 996. The summed E-state index contributed by atoms with van der Waals surface area (Å²) in [6.45, 7) is 3.66. The van der Waals surface area contributed by atoms with Gasteiger partial charge in [0.1, 0.15) is 0 Å². The summed E-state index contributed by atoms with van der Waals surface area (Å²) in [6.07, 6.45) is 0.739. The number of hydrogen-bond donors (Lipinski definition) is 0. The maximum Gasteiger partial charge on any atom is 0.306 e. The van der Waals surface area contributed by atoms with Crippen LogP contribution in [-0.4, -0.2) is 29.0 Å². The van der Waals surface area contributed by atoms with E-state index in [1.807, 2.05) is 55.5 Å². The Morgan fingerprint density at radius 2 is 1.96 bits per heavy atom. The number of carbonyl (C=O) groups is 2. The van der Waals surface area contributed by atoms with Crippen molar-refractivity contribution in [3.63, 3.8) is 0 Å². The molecule has 0 unspecified atom stereocenters. The molecule has 2 atom stereocenters. The van der Waals surface area contributed by atoms with Crippen LogP contribution in [0.15, 0.2) is 48.5 Å². The van der Waals surface area contributed by atoms with Crippen LogP contribution in [0.2, 0.25) is 0 Å². The third-order valence-electron chi connectivity index (χ3n) is 4.98. The lowest BCUT2D eigenvalue weighted by molar-refractivity contribution is -0.154. The van der Waals surface area contributed by atoms with Crippen LogP contribution in [0.3, 0.4) is 0 Å². The molecule has 28 heavy (non-hydrogen) atoms. The number of aromatic nitrogens is 1. The summed E-state index contributed by atoms with van der Waals surface area (Å²) >= 11 is 1.58. The van der Waals surface area contributed by atoms with E-state index >= 15 is 0 Å². The molecule has 0 N–H and O–H groups in total. The molecular weight excluding hydrogens is 372 g/mol. The highest BCUT2D eigenvalue weighted by molar-refractivity contribution is 7.18. The van der Waals surface area contributed by atoms with E-state index in [0.717, 1.165) is 32.9 Å². The van der Waals surface area contributed by atoms with Crippen LogP contribution >= 0.6 is 11.3 Å². The Balaban J connectivity index is 1.36. The van der Waals surface area contributed by atoms with Crippen molar-refractivity contribution in [2.45, 2.75) is 45.3 Å². The summed E-state index contributed by atoms with van der Waals surface area (Å²) in [5, 5.41) is 0.902. The number of thiazole rings is 1. The number of para-hydroxylation sites is 2. The minimum absolute atomic E-state index is 0.0637. The number of hydrogen-bond acceptors (Lipinski definition) is 5. The van der Waals surface area contributed by atoms with Crippen molar-refractivity contribution in [1.82, 2.24) is 4.98 Å². The second kappa shape index (κ2) is 7.72. The van der Waals surface area contributed by atoms with Crippen molar-refractivity contribution in [1.29, 1.82) is 0 Å². The first-order valence-electron chi connectivity index (χ1n) is 9.48. The molecule has 6 heteroatoms. The lowest BCUT2D eigenvalue weighted by Crippen LogP contribution is -2.43. The van der Waals surface area contributed by atoms with Crippen LogP contribution in [0.5, 0.6) is 0 Å². The van der Waals surface area contributed by atoms with Gasteiger partial charge in [-0.3, -0.25) is 9.59 Å². The quantitative estimate of drug-likeness (QED) is 0.610. The number of benzene rings is 2. The molecule has 4 rings (SSSR count). The zero-order chi connectivity index (χ0) is 19.7. The van der Waals surface area contributed by atoms with E-state index in [1.165, 1.54) is 0 Å². The maximum absolute atomic E-state index is 12.9. The third kappa shape index (κ3) is 3.64. The van der Waals surface area contributed by atoms with E-state index in [0.29, 0.717) is 6.42 Å². The summed E-state index contributed by atoms with van der Waals surface area (Å²) in [5.74, 6) is -0.550. The van der Waals surface area contributed by atoms with Gasteiger partial charge in [0.25, 0.3) is 5.91 Å². The molecule has 0 fully saturated rings. The van der Waals surface area contributed by atoms with Gasteiger partial charge < -0.3 is 9.64 Å². The SMILES string of the molecule is C[C@@H](OC(=O)CCc1nc2ccccc2s1)C(=O)N1c2ccccc2C[C@@H]1C. The van der Waals surface area contributed by atoms with Crippen molar-refractivity contribution < 1.29 is 14.3 Å². The number of rotatable bonds is 5. The van der Waals surface area contributed by atoms with Gasteiger partial charge in [0.15, 0.2) is 6.10 Å². The fourth-order valence-electron chi connectivity index (χ4n) is 3.64. The van der Waals surface area contributed by atoms with E-state index < -0.39 is 6.10 Å². The van der Waals surface area contributed by atoms with Crippen LogP contribution in [0.4, 0.5) is 5.69 Å². The first kappa shape index (κ1) is 18.6. The summed E-state index contributed by atoms with van der Waals surface area (Å²) < 4.78 is 6.54. The number of amides is 1. The summed E-state index contributed by atoms with van der Waals surface area (Å²) in [4.78, 5) is 31.4. The predicted molar refractivity (Wildman–Crippen MR) is 111 cm³/mol. The van der Waals surface area contributed by atoms with E-state index in [9.17, 15) is 9.59 Å². The number of esters is 1. The molecule has 0 spiro atoms. The number of nitrogens with zero attached hydrogens (tertiary/aromatic N) is 2. The molecule has 0 aliphatic carbocycles. The second-order valence-electron chi connectivity index (χ2n) is 7.10. The van der Waals surface area contributed by atoms with Crippen LogP contribution in [0.1, 0.15) is 30.8 Å². The molecule has 3 aromatic rings. The zero-order valence-corrected chi connectivity index (χ0v) is 16.7. The smallest absolute Gasteiger partial charge is 0.306 e. The lowest BCUT2D eigenvalue weighted by Gasteiger charge is -2.25. The Kier molecular flexibility index (Phi) is 5.13. The van der Waals surface area contributed by atoms with Gasteiger partial charge in [-0.05, 0) is 44.0 Å². The summed E-state index contributed by atoms with van der Waals surface area (Å²) in [5.41, 5.74) is 3.01. The van der Waals surface area contributed by atoms with Gasteiger partial charge in [-0.15, -0.1) is 11.3 Å². The van der Waals surface area contributed by atoms with Gasteiger partial charge in [-0.2, -0.15) is 0 Å². The molecule has 0 saturated carbocycles. The molecule has 1 aliphatic rings. The predicted octanol–water partition coefficient (Wildman–Crippen LogP) is 4.14. The van der Waals surface area contributed by atoms with Crippen LogP contribution < -0.4 is 4.90 Å². The molecule has 0 bridgehead atoms. The number of fused-ring (bicyclic) bond motifs is 2. The first-order valence-corrected chi connectivity index (χ1v) is 10.3. The lowest BCUT2D eigenvalue weighted by atomic mass is 10.1. The Morgan fingerprint density at radius 3 is 2.79 bits per heavy atom. The molecule has 2 heterocycles. The highest BCUT2D eigenvalue weighted by Gasteiger charge is 2.34. The van der Waals surface area contributed by atoms with Gasteiger partial charge in [-0.25, -0.2) is 4.98 Å². The molecule has 1 amide bonds. The molecular formula is C22H22N2O3S. The third-order valence-corrected chi connectivity index (χ3v) is 6.08. The van der Waals surface area contributed by atoms with Gasteiger partial charge in [0.05, 0.1) is 21.6 Å². The van der Waals surface area contributed by atoms with Gasteiger partial charge >= 0.3 is 5.97 Å². The molecule has 2 aromatic carbocycles. The highest BCUT2D eigenvalue weighted by Crippen LogP contribution is 2.32. The van der Waals surface area contributed by atoms with Crippen LogP contribution in [0, 0.1) is 0 Å². The minimum atomic E-state index is -0.809. The maximum atomic E-state index is 12.9. The van der Waals surface area contributed by atoms with E-state index in [1.54, 1.807) is 23.2 Å². The topological polar surface area (TPSA) is 59.5 Å². The minimum Gasteiger partial charge on any atom is -0.453 e. The number of carbonyl (C=O) groups excluding carboxylic acids is 2. The number of ether oxygens (including phenoxy) is 1. The Morgan fingerprint density at radius 1 is 1.21 bits per heavy atom. The fourth-order valence-corrected chi connectivity index (χ4v) is 4.61. The largest absolute Gasteiger partial charge is 0.453 e. The van der Waals surface area contributed by atoms with Crippen molar-refractivity contribution in [3.05, 3.63) is 59.1 Å². The van der Waals surface area contributed by atoms with Crippen molar-refractivity contribution in [3.8, 4) is 0 Å². The summed E-state index contributed by atoms with van der Waals surface area (Å²) in [6, 6.07) is 15.8. The van der Waals surface area contributed by atoms with Crippen molar-refractivity contribution >= 4 is 39.1 Å². The van der Waals surface area contributed by atoms with Gasteiger partial charge in [0, 0.05) is 18.2 Å². The van der Waals surface area contributed by atoms with Crippen LogP contribution in [-0.2, 0) is 27.2 Å². The summed E-state index contributed by atoms with van der Waals surface area (Å²) in [7, 11) is 0. The van der Waals surface area contributed by atoms with E-state index in [4.69, 9.17) is 4.74 Å².